The third-order valence-electron chi connectivity index (χ3n) is 2.82. The van der Waals surface area contributed by atoms with Crippen molar-refractivity contribution in [1.82, 2.24) is 5.32 Å². The maximum absolute atomic E-state index is 5.54. The highest BCUT2D eigenvalue weighted by molar-refractivity contribution is 6.25. The summed E-state index contributed by atoms with van der Waals surface area (Å²) >= 11 is 5.44. The van der Waals surface area contributed by atoms with Gasteiger partial charge in [0.1, 0.15) is 6.61 Å². The molecule has 1 aromatic carbocycles. The highest BCUT2D eigenvalue weighted by Crippen LogP contribution is 2.28. The molecule has 0 saturated heterocycles. The molecule has 4 heteroatoms. The number of methoxy groups -OCH3 is 1. The van der Waals surface area contributed by atoms with Crippen molar-refractivity contribution in [3.8, 4) is 11.5 Å². The fourth-order valence-electron chi connectivity index (χ4n) is 1.67. The zero-order chi connectivity index (χ0) is 12.8. The second-order valence-corrected chi connectivity index (χ2v) is 4.57. The first-order valence-corrected chi connectivity index (χ1v) is 6.55. The van der Waals surface area contributed by atoms with Crippen molar-refractivity contribution < 1.29 is 9.47 Å². The lowest BCUT2D eigenvalue weighted by Gasteiger charge is -2.11. The van der Waals surface area contributed by atoms with Crippen LogP contribution in [0.25, 0.3) is 0 Å². The third kappa shape index (κ3) is 3.93. The molecule has 0 amide bonds. The topological polar surface area (TPSA) is 30.5 Å². The molecule has 1 aromatic rings. The summed E-state index contributed by atoms with van der Waals surface area (Å²) in [5, 5.41) is 3.47. The first-order valence-electron chi connectivity index (χ1n) is 6.12. The Balaban J connectivity index is 1.96. The molecule has 0 aromatic heterocycles. The second-order valence-electron chi connectivity index (χ2n) is 4.31. The van der Waals surface area contributed by atoms with Gasteiger partial charge in [-0.1, -0.05) is 17.7 Å². The first-order chi connectivity index (χ1) is 8.83. The number of hydrogen-bond donors (Lipinski definition) is 1. The van der Waals surface area contributed by atoms with Crippen LogP contribution in [0.15, 0.2) is 29.8 Å². The maximum atomic E-state index is 5.54. The van der Waals surface area contributed by atoms with Crippen LogP contribution in [0.4, 0.5) is 0 Å². The lowest BCUT2D eigenvalue weighted by molar-refractivity contribution is 0.326. The Morgan fingerprint density at radius 3 is 2.89 bits per heavy atom. The molecule has 0 aliphatic heterocycles. The van der Waals surface area contributed by atoms with E-state index in [2.05, 4.69) is 11.4 Å². The molecule has 0 unspecified atom stereocenters. The molecule has 0 spiro atoms. The van der Waals surface area contributed by atoms with Gasteiger partial charge in [0.15, 0.2) is 11.5 Å². The number of ether oxygens (including phenoxy) is 2. The van der Waals surface area contributed by atoms with Gasteiger partial charge in [0.05, 0.1) is 7.11 Å². The van der Waals surface area contributed by atoms with Gasteiger partial charge in [-0.3, -0.25) is 0 Å². The number of rotatable bonds is 7. The predicted molar refractivity (Wildman–Crippen MR) is 73.3 cm³/mol. The zero-order valence-electron chi connectivity index (χ0n) is 10.5. The highest BCUT2D eigenvalue weighted by atomic mass is 35.5. The van der Waals surface area contributed by atoms with Crippen LogP contribution in [0.5, 0.6) is 11.5 Å². The van der Waals surface area contributed by atoms with E-state index in [0.717, 1.165) is 18.0 Å². The Labute approximate surface area is 113 Å². The lowest BCUT2D eigenvalue weighted by Crippen LogP contribution is -2.15. The minimum absolute atomic E-state index is 0.444. The highest BCUT2D eigenvalue weighted by Gasteiger charge is 2.20. The monoisotopic (exact) mass is 267 g/mol. The molecule has 1 aliphatic carbocycles. The van der Waals surface area contributed by atoms with E-state index in [1.165, 1.54) is 23.9 Å². The van der Waals surface area contributed by atoms with E-state index in [9.17, 15) is 0 Å². The summed E-state index contributed by atoms with van der Waals surface area (Å²) in [6.07, 6.45) is 4.33. The van der Waals surface area contributed by atoms with Gasteiger partial charge in [-0.25, -0.2) is 0 Å². The Kier molecular flexibility index (Phi) is 4.90. The predicted octanol–water partition coefficient (Wildman–Crippen LogP) is 3.08. The average Bonchev–Trinajstić information content (AvgIpc) is 3.21. The summed E-state index contributed by atoms with van der Waals surface area (Å²) < 4.78 is 10.9. The number of benzene rings is 1. The van der Waals surface area contributed by atoms with E-state index in [1.807, 2.05) is 12.1 Å². The van der Waals surface area contributed by atoms with Crippen molar-refractivity contribution in [2.24, 2.45) is 0 Å². The molecule has 1 fully saturated rings. The molecule has 0 atom stereocenters. The summed E-state index contributed by atoms with van der Waals surface area (Å²) in [7, 11) is 1.65. The summed E-state index contributed by atoms with van der Waals surface area (Å²) in [5.74, 6) is 1.50. The van der Waals surface area contributed by atoms with E-state index in [-0.39, 0.29) is 0 Å². The van der Waals surface area contributed by atoms with Crippen LogP contribution >= 0.6 is 11.6 Å². The van der Waals surface area contributed by atoms with Gasteiger partial charge in [0.25, 0.3) is 0 Å². The maximum Gasteiger partial charge on any atom is 0.161 e. The SMILES string of the molecule is COc1cc(CNC2CC2)ccc1OC/C=C/Cl. The lowest BCUT2D eigenvalue weighted by atomic mass is 10.2. The molecule has 1 aliphatic rings. The fraction of sp³-hybridized carbons (Fsp3) is 0.429. The molecular formula is C14H18ClNO2. The molecule has 2 rings (SSSR count). The van der Waals surface area contributed by atoms with Gasteiger partial charge < -0.3 is 14.8 Å². The van der Waals surface area contributed by atoms with Gasteiger partial charge in [-0.15, -0.1) is 0 Å². The van der Waals surface area contributed by atoms with Crippen LogP contribution in [-0.2, 0) is 6.54 Å². The third-order valence-corrected chi connectivity index (χ3v) is 3.00. The first kappa shape index (κ1) is 13.2. The standard InChI is InChI=1S/C14H18ClNO2/c1-17-14-9-11(10-16-12-4-5-12)3-6-13(14)18-8-2-7-15/h2-3,6-7,9,12,16H,4-5,8,10H2,1H3/b7-2+. The van der Waals surface area contributed by atoms with Crippen molar-refractivity contribution in [3.05, 3.63) is 35.4 Å². The number of nitrogens with one attached hydrogen (secondary N) is 1. The summed E-state index contributed by atoms with van der Waals surface area (Å²) in [4.78, 5) is 0. The van der Waals surface area contributed by atoms with Crippen LogP contribution in [0.2, 0.25) is 0 Å². The molecule has 98 valence electrons. The minimum atomic E-state index is 0.444. The van der Waals surface area contributed by atoms with E-state index in [0.29, 0.717) is 12.6 Å². The summed E-state index contributed by atoms with van der Waals surface area (Å²) in [6, 6.07) is 6.71. The Bertz CT molecular complexity index is 416. The van der Waals surface area contributed by atoms with Gasteiger partial charge in [-0.2, -0.15) is 0 Å². The molecule has 0 radical (unpaired) electrons. The van der Waals surface area contributed by atoms with E-state index in [4.69, 9.17) is 21.1 Å². The molecule has 0 bridgehead atoms. The quantitative estimate of drug-likeness (QED) is 0.824. The van der Waals surface area contributed by atoms with Crippen LogP contribution in [0, 0.1) is 0 Å². The van der Waals surface area contributed by atoms with Crippen molar-refractivity contribution >= 4 is 11.6 Å². The summed E-state index contributed by atoms with van der Waals surface area (Å²) in [5.41, 5.74) is 2.65. The minimum Gasteiger partial charge on any atom is -0.493 e. The van der Waals surface area contributed by atoms with Crippen LogP contribution < -0.4 is 14.8 Å². The van der Waals surface area contributed by atoms with Gasteiger partial charge in [0, 0.05) is 18.1 Å². The fourth-order valence-corrected chi connectivity index (χ4v) is 1.74. The normalized spacial score (nSPS) is 15.0. The van der Waals surface area contributed by atoms with Crippen molar-refractivity contribution in [3.63, 3.8) is 0 Å². The Morgan fingerprint density at radius 1 is 1.39 bits per heavy atom. The van der Waals surface area contributed by atoms with E-state index >= 15 is 0 Å². The van der Waals surface area contributed by atoms with Gasteiger partial charge in [-0.05, 0) is 36.6 Å². The zero-order valence-corrected chi connectivity index (χ0v) is 11.2. The molecule has 1 saturated carbocycles. The van der Waals surface area contributed by atoms with Gasteiger partial charge in [0.2, 0.25) is 0 Å². The largest absolute Gasteiger partial charge is 0.493 e. The number of halogens is 1. The van der Waals surface area contributed by atoms with Gasteiger partial charge >= 0.3 is 0 Å². The van der Waals surface area contributed by atoms with E-state index in [1.54, 1.807) is 13.2 Å². The molecular weight excluding hydrogens is 250 g/mol. The molecule has 3 nitrogen and oxygen atoms in total. The molecule has 18 heavy (non-hydrogen) atoms. The van der Waals surface area contributed by atoms with E-state index < -0.39 is 0 Å². The Hall–Kier alpha value is -1.19. The average molecular weight is 268 g/mol. The Morgan fingerprint density at radius 2 is 2.22 bits per heavy atom. The summed E-state index contributed by atoms with van der Waals surface area (Å²) in [6.45, 7) is 1.32. The molecule has 0 heterocycles. The van der Waals surface area contributed by atoms with Crippen molar-refractivity contribution in [2.45, 2.75) is 25.4 Å². The van der Waals surface area contributed by atoms with Crippen LogP contribution in [0.3, 0.4) is 0 Å². The van der Waals surface area contributed by atoms with Crippen molar-refractivity contribution in [1.29, 1.82) is 0 Å². The van der Waals surface area contributed by atoms with Crippen LogP contribution in [-0.4, -0.2) is 19.8 Å². The second kappa shape index (κ2) is 6.66. The van der Waals surface area contributed by atoms with Crippen molar-refractivity contribution in [2.75, 3.05) is 13.7 Å². The molecule has 1 N–H and O–H groups in total. The smallest absolute Gasteiger partial charge is 0.161 e. The van der Waals surface area contributed by atoms with Crippen LogP contribution in [0.1, 0.15) is 18.4 Å². The number of hydrogen-bond acceptors (Lipinski definition) is 3.